The number of hydrogen-bond acceptors (Lipinski definition) is 7. The molecule has 0 saturated carbocycles. The number of nitrogen functional groups attached to an aromatic ring is 1. The largest absolute Gasteiger partial charge is 0.433 e. The highest BCUT2D eigenvalue weighted by Gasteiger charge is 2.34. The standard InChI is InChI=1S/C9H14F3N5O2S/c1-17(3-4-20(2,18)19)7-5-6(9(10,11)12)14-8(15-7)16-13/h5H,3-4,13H2,1-2H3,(H,14,15,16). The van der Waals surface area contributed by atoms with Crippen molar-refractivity contribution in [1.29, 1.82) is 0 Å². The van der Waals surface area contributed by atoms with Crippen LogP contribution in [0, 0.1) is 0 Å². The number of alkyl halides is 3. The average molecular weight is 313 g/mol. The van der Waals surface area contributed by atoms with Gasteiger partial charge in [0.1, 0.15) is 15.7 Å². The molecule has 0 radical (unpaired) electrons. The van der Waals surface area contributed by atoms with Gasteiger partial charge < -0.3 is 4.90 Å². The fraction of sp³-hybridized carbons (Fsp3) is 0.556. The van der Waals surface area contributed by atoms with E-state index in [1.807, 2.05) is 5.43 Å². The lowest BCUT2D eigenvalue weighted by Crippen LogP contribution is -2.27. The van der Waals surface area contributed by atoms with E-state index in [9.17, 15) is 21.6 Å². The van der Waals surface area contributed by atoms with Gasteiger partial charge >= 0.3 is 6.18 Å². The Labute approximate surface area is 113 Å². The smallest absolute Gasteiger partial charge is 0.358 e. The fourth-order valence-corrected chi connectivity index (χ4v) is 1.86. The Morgan fingerprint density at radius 2 is 2.00 bits per heavy atom. The predicted octanol–water partition coefficient (Wildman–Crippen LogP) is 0.262. The van der Waals surface area contributed by atoms with Gasteiger partial charge in [0.15, 0.2) is 5.69 Å². The fourth-order valence-electron chi connectivity index (χ4n) is 1.26. The van der Waals surface area contributed by atoms with Gasteiger partial charge in [0.2, 0.25) is 5.95 Å². The molecular formula is C9H14F3N5O2S. The van der Waals surface area contributed by atoms with Crippen molar-refractivity contribution in [2.45, 2.75) is 6.18 Å². The second-order valence-electron chi connectivity index (χ2n) is 4.13. The minimum atomic E-state index is -4.65. The Bertz CT molecular complexity index is 575. The number of aromatic nitrogens is 2. The van der Waals surface area contributed by atoms with E-state index in [1.165, 1.54) is 11.9 Å². The third-order valence-corrected chi connectivity index (χ3v) is 3.24. The lowest BCUT2D eigenvalue weighted by Gasteiger charge is -2.19. The minimum absolute atomic E-state index is 0.00282. The molecule has 20 heavy (non-hydrogen) atoms. The maximum atomic E-state index is 12.6. The molecule has 3 N–H and O–H groups in total. The van der Waals surface area contributed by atoms with E-state index in [0.29, 0.717) is 0 Å². The minimum Gasteiger partial charge on any atom is -0.358 e. The SMILES string of the molecule is CN(CCS(C)(=O)=O)c1cc(C(F)(F)F)nc(NN)n1. The summed E-state index contributed by atoms with van der Waals surface area (Å²) in [7, 11) is -1.80. The average Bonchev–Trinajstić information content (AvgIpc) is 2.33. The van der Waals surface area contributed by atoms with Crippen LogP contribution in [-0.4, -0.2) is 44.0 Å². The van der Waals surface area contributed by atoms with Crippen LogP contribution < -0.4 is 16.2 Å². The quantitative estimate of drug-likeness (QED) is 0.594. The molecule has 0 atom stereocenters. The first kappa shape index (κ1) is 16.4. The molecule has 0 aliphatic heterocycles. The Kier molecular flexibility index (Phi) is 4.76. The molecule has 0 saturated heterocycles. The zero-order chi connectivity index (χ0) is 15.6. The lowest BCUT2D eigenvalue weighted by molar-refractivity contribution is -0.141. The first-order chi connectivity index (χ1) is 9.03. The van der Waals surface area contributed by atoms with Gasteiger partial charge in [-0.1, -0.05) is 0 Å². The van der Waals surface area contributed by atoms with Gasteiger partial charge in [0.25, 0.3) is 0 Å². The number of hydrogen-bond donors (Lipinski definition) is 2. The normalized spacial score (nSPS) is 12.3. The summed E-state index contributed by atoms with van der Waals surface area (Å²) in [5.41, 5.74) is 0.775. The number of anilines is 2. The molecule has 0 spiro atoms. The molecule has 1 aromatic heterocycles. The number of sulfone groups is 1. The van der Waals surface area contributed by atoms with E-state index in [1.54, 1.807) is 0 Å². The van der Waals surface area contributed by atoms with Crippen molar-refractivity contribution in [3.05, 3.63) is 11.8 Å². The van der Waals surface area contributed by atoms with Gasteiger partial charge in [-0.05, 0) is 0 Å². The molecule has 0 aliphatic carbocycles. The number of nitrogens with two attached hydrogens (primary N) is 1. The highest BCUT2D eigenvalue weighted by atomic mass is 32.2. The maximum absolute atomic E-state index is 12.6. The van der Waals surface area contributed by atoms with Crippen molar-refractivity contribution in [2.24, 2.45) is 5.84 Å². The van der Waals surface area contributed by atoms with E-state index < -0.39 is 27.7 Å². The first-order valence-electron chi connectivity index (χ1n) is 5.34. The molecule has 0 unspecified atom stereocenters. The van der Waals surface area contributed by atoms with E-state index >= 15 is 0 Å². The van der Waals surface area contributed by atoms with E-state index in [4.69, 9.17) is 5.84 Å². The summed E-state index contributed by atoms with van der Waals surface area (Å²) < 4.78 is 60.0. The van der Waals surface area contributed by atoms with E-state index in [-0.39, 0.29) is 18.1 Å². The van der Waals surface area contributed by atoms with Gasteiger partial charge in [0.05, 0.1) is 5.75 Å². The zero-order valence-corrected chi connectivity index (χ0v) is 11.6. The van der Waals surface area contributed by atoms with Crippen molar-refractivity contribution < 1.29 is 21.6 Å². The van der Waals surface area contributed by atoms with Crippen LogP contribution in [0.5, 0.6) is 0 Å². The summed E-state index contributed by atoms with van der Waals surface area (Å²) >= 11 is 0. The predicted molar refractivity (Wildman–Crippen MR) is 67.8 cm³/mol. The third kappa shape index (κ3) is 4.81. The van der Waals surface area contributed by atoms with Gasteiger partial charge in [-0.25, -0.2) is 19.2 Å². The summed E-state index contributed by atoms with van der Waals surface area (Å²) in [6.07, 6.45) is -3.62. The van der Waals surface area contributed by atoms with Gasteiger partial charge in [0, 0.05) is 25.9 Å². The van der Waals surface area contributed by atoms with Crippen LogP contribution in [0.3, 0.4) is 0 Å². The number of rotatable bonds is 5. The maximum Gasteiger partial charge on any atom is 0.433 e. The van der Waals surface area contributed by atoms with Crippen molar-refractivity contribution in [2.75, 3.05) is 35.9 Å². The molecule has 0 aliphatic rings. The molecule has 1 aromatic rings. The molecule has 0 aromatic carbocycles. The summed E-state index contributed by atoms with van der Waals surface area (Å²) in [4.78, 5) is 8.22. The number of halogens is 3. The first-order valence-corrected chi connectivity index (χ1v) is 7.41. The summed E-state index contributed by atoms with van der Waals surface area (Å²) in [6.45, 7) is -0.00282. The molecule has 0 amide bonds. The monoisotopic (exact) mass is 313 g/mol. The van der Waals surface area contributed by atoms with Crippen LogP contribution in [-0.2, 0) is 16.0 Å². The van der Waals surface area contributed by atoms with Gasteiger partial charge in [-0.2, -0.15) is 18.2 Å². The topological polar surface area (TPSA) is 101 Å². The lowest BCUT2D eigenvalue weighted by atomic mass is 10.3. The number of hydrazine groups is 1. The van der Waals surface area contributed by atoms with Crippen molar-refractivity contribution in [3.8, 4) is 0 Å². The molecule has 1 rings (SSSR count). The zero-order valence-electron chi connectivity index (χ0n) is 10.8. The Morgan fingerprint density at radius 3 is 2.45 bits per heavy atom. The third-order valence-electron chi connectivity index (χ3n) is 2.32. The highest BCUT2D eigenvalue weighted by Crippen LogP contribution is 2.30. The summed E-state index contributed by atoms with van der Waals surface area (Å²) in [5.74, 6) is 4.33. The van der Waals surface area contributed by atoms with E-state index in [0.717, 1.165) is 12.3 Å². The second-order valence-corrected chi connectivity index (χ2v) is 6.39. The molecule has 11 heteroatoms. The van der Waals surface area contributed by atoms with Crippen molar-refractivity contribution in [1.82, 2.24) is 9.97 Å². The van der Waals surface area contributed by atoms with Crippen LogP contribution in [0.25, 0.3) is 0 Å². The molecular weight excluding hydrogens is 299 g/mol. The van der Waals surface area contributed by atoms with Crippen LogP contribution in [0.15, 0.2) is 6.07 Å². The molecule has 114 valence electrons. The van der Waals surface area contributed by atoms with Crippen molar-refractivity contribution in [3.63, 3.8) is 0 Å². The van der Waals surface area contributed by atoms with Crippen molar-refractivity contribution >= 4 is 21.6 Å². The summed E-state index contributed by atoms with van der Waals surface area (Å²) in [6, 6.07) is 0.725. The van der Waals surface area contributed by atoms with Crippen LogP contribution >= 0.6 is 0 Å². The second kappa shape index (κ2) is 5.79. The van der Waals surface area contributed by atoms with Crippen LogP contribution in [0.4, 0.5) is 24.9 Å². The number of nitrogens with one attached hydrogen (secondary N) is 1. The highest BCUT2D eigenvalue weighted by molar-refractivity contribution is 7.90. The van der Waals surface area contributed by atoms with Crippen LogP contribution in [0.2, 0.25) is 0 Å². The Morgan fingerprint density at radius 1 is 1.40 bits per heavy atom. The Hall–Kier alpha value is -1.62. The van der Waals surface area contributed by atoms with Gasteiger partial charge in [-0.3, -0.25) is 5.43 Å². The van der Waals surface area contributed by atoms with Gasteiger partial charge in [-0.15, -0.1) is 0 Å². The van der Waals surface area contributed by atoms with Crippen LogP contribution in [0.1, 0.15) is 5.69 Å². The molecule has 0 bridgehead atoms. The molecule has 7 nitrogen and oxygen atoms in total. The molecule has 1 heterocycles. The van der Waals surface area contributed by atoms with E-state index in [2.05, 4.69) is 9.97 Å². The molecule has 0 fully saturated rings. The Balaban J connectivity index is 3.05. The summed E-state index contributed by atoms with van der Waals surface area (Å²) in [5, 5.41) is 0. The number of nitrogens with zero attached hydrogens (tertiary/aromatic N) is 3.